The van der Waals surface area contributed by atoms with Crippen molar-refractivity contribution < 1.29 is 38.0 Å². The van der Waals surface area contributed by atoms with E-state index in [1.54, 1.807) is 35.5 Å². The van der Waals surface area contributed by atoms with Gasteiger partial charge in [0.2, 0.25) is 0 Å². The Balaban J connectivity index is 0.000000206. The van der Waals surface area contributed by atoms with E-state index in [9.17, 15) is 19.2 Å². The van der Waals surface area contributed by atoms with Crippen molar-refractivity contribution in [2.75, 3.05) is 66.8 Å². The van der Waals surface area contributed by atoms with Crippen molar-refractivity contribution in [1.82, 2.24) is 19.4 Å². The van der Waals surface area contributed by atoms with Gasteiger partial charge in [0.25, 0.3) is 11.1 Å². The third kappa shape index (κ3) is 11.2. The number of benzene rings is 3. The molecular formula is C51H64N4O10. The lowest BCUT2D eigenvalue weighted by Gasteiger charge is -2.40. The van der Waals surface area contributed by atoms with Crippen LogP contribution >= 0.6 is 0 Å². The molecule has 3 aliphatic heterocycles. The van der Waals surface area contributed by atoms with E-state index in [0.29, 0.717) is 58.1 Å². The summed E-state index contributed by atoms with van der Waals surface area (Å²) in [5.74, 6) is 2.81. The Morgan fingerprint density at radius 1 is 0.631 bits per heavy atom. The van der Waals surface area contributed by atoms with Crippen molar-refractivity contribution in [3.8, 4) is 23.0 Å². The number of ether oxygens (including phenoxy) is 6. The van der Waals surface area contributed by atoms with Gasteiger partial charge in [-0.05, 0) is 156 Å². The molecular weight excluding hydrogens is 829 g/mol. The highest BCUT2D eigenvalue weighted by Crippen LogP contribution is 2.40. The van der Waals surface area contributed by atoms with Crippen LogP contribution in [0.25, 0.3) is 21.8 Å². The Hall–Kier alpha value is -5.86. The Kier molecular flexibility index (Phi) is 15.9. The van der Waals surface area contributed by atoms with Gasteiger partial charge in [0.15, 0.2) is 11.5 Å². The second-order valence-corrected chi connectivity index (χ2v) is 17.2. The molecule has 0 spiro atoms. The van der Waals surface area contributed by atoms with Crippen molar-refractivity contribution in [3.05, 3.63) is 105 Å². The predicted molar refractivity (Wildman–Crippen MR) is 250 cm³/mol. The van der Waals surface area contributed by atoms with Crippen LogP contribution in [-0.2, 0) is 38.7 Å². The Morgan fingerprint density at radius 3 is 1.63 bits per heavy atom. The van der Waals surface area contributed by atoms with Crippen LogP contribution in [0.4, 0.5) is 0 Å². The van der Waals surface area contributed by atoms with E-state index in [0.717, 1.165) is 110 Å². The number of aromatic nitrogens is 2. The summed E-state index contributed by atoms with van der Waals surface area (Å²) < 4.78 is 36.5. The highest BCUT2D eigenvalue weighted by atomic mass is 16.6. The van der Waals surface area contributed by atoms with Crippen LogP contribution in [0, 0.1) is 10.8 Å². The average molecular weight is 893 g/mol. The van der Waals surface area contributed by atoms with E-state index >= 15 is 0 Å². The van der Waals surface area contributed by atoms with Crippen molar-refractivity contribution in [2.24, 2.45) is 10.8 Å². The molecule has 0 saturated carbocycles. The first-order valence-electron chi connectivity index (χ1n) is 23.1. The van der Waals surface area contributed by atoms with Gasteiger partial charge in [0, 0.05) is 43.9 Å². The van der Waals surface area contributed by atoms with Crippen LogP contribution in [0.15, 0.2) is 88.5 Å². The predicted octanol–water partition coefficient (Wildman–Crippen LogP) is 7.13. The largest absolute Gasteiger partial charge is 0.497 e. The van der Waals surface area contributed by atoms with E-state index in [1.165, 1.54) is 5.56 Å². The van der Waals surface area contributed by atoms with Gasteiger partial charge in [0.05, 0.1) is 49.3 Å². The quantitative estimate of drug-likeness (QED) is 0.101. The molecule has 3 aliphatic rings. The van der Waals surface area contributed by atoms with Gasteiger partial charge in [-0.15, -0.1) is 0 Å². The summed E-state index contributed by atoms with van der Waals surface area (Å²) in [7, 11) is 3.24. The lowest BCUT2D eigenvalue weighted by molar-refractivity contribution is -0.159. The topological polar surface area (TPSA) is 149 Å². The van der Waals surface area contributed by atoms with Crippen LogP contribution in [0.1, 0.15) is 70.8 Å². The minimum absolute atomic E-state index is 0.0359. The normalized spacial score (nSPS) is 16.6. The number of piperidine rings is 2. The molecule has 2 fully saturated rings. The summed E-state index contributed by atoms with van der Waals surface area (Å²) in [6.45, 7) is 10.8. The number of pyridine rings is 2. The molecule has 65 heavy (non-hydrogen) atoms. The molecule has 14 nitrogen and oxygen atoms in total. The van der Waals surface area contributed by atoms with E-state index < -0.39 is 10.8 Å². The Labute approximate surface area is 380 Å². The number of carbonyl (C=O) groups excluding carboxylic acids is 2. The van der Waals surface area contributed by atoms with Gasteiger partial charge < -0.3 is 42.9 Å². The number of carbonyl (C=O) groups is 2. The smallest absolute Gasteiger partial charge is 0.312 e. The number of methoxy groups -OCH3 is 2. The molecule has 0 amide bonds. The number of rotatable bonds is 16. The van der Waals surface area contributed by atoms with Crippen molar-refractivity contribution in [2.45, 2.75) is 84.8 Å². The van der Waals surface area contributed by atoms with Crippen molar-refractivity contribution >= 4 is 33.7 Å². The molecule has 0 radical (unpaired) electrons. The lowest BCUT2D eigenvalue weighted by Crippen LogP contribution is -2.45. The van der Waals surface area contributed by atoms with E-state index in [1.807, 2.05) is 68.4 Å². The molecule has 14 heteroatoms. The number of nitrogens with zero attached hydrogens (tertiary/aromatic N) is 3. The van der Waals surface area contributed by atoms with Crippen LogP contribution < -0.4 is 35.4 Å². The molecule has 0 bridgehead atoms. The van der Waals surface area contributed by atoms with Gasteiger partial charge in [-0.3, -0.25) is 24.1 Å². The molecule has 2 aromatic heterocycles. The maximum atomic E-state index is 13.2. The summed E-state index contributed by atoms with van der Waals surface area (Å²) >= 11 is 0. The minimum atomic E-state index is -0.537. The maximum Gasteiger partial charge on any atom is 0.312 e. The van der Waals surface area contributed by atoms with E-state index in [-0.39, 0.29) is 23.1 Å². The van der Waals surface area contributed by atoms with Crippen LogP contribution in [-0.4, -0.2) is 92.8 Å². The van der Waals surface area contributed by atoms with E-state index in [4.69, 9.17) is 28.4 Å². The fraction of sp³-hybridized carbons (Fsp3) is 0.490. The summed E-state index contributed by atoms with van der Waals surface area (Å²) in [6.07, 6.45) is 5.88. The molecule has 8 rings (SSSR count). The number of aryl methyl sites for hydroxylation is 2. The van der Waals surface area contributed by atoms with Gasteiger partial charge >= 0.3 is 11.9 Å². The standard InChI is InChI=1S/C30H36N2O6.C21H28N2O4/c1-3-36-29(34)30(11-4-14-32-25-20-24(35-2)8-6-23(25)7-10-28(32)33)12-15-31(16-13-30)21-22-5-9-26-27(19-22)38-18-17-37-26;1-3-27-20(25)21(10-12-22-13-11-21)9-4-14-23-18-15-17(26-2)7-5-16(18)6-8-19(23)24/h5-10,19-20H,3-4,11-18,21H2,1-2H3;5-8,15,22H,3-4,9-14H2,1-2H3. The van der Waals surface area contributed by atoms with Gasteiger partial charge in [0.1, 0.15) is 24.7 Å². The fourth-order valence-electron chi connectivity index (χ4n) is 9.57. The highest BCUT2D eigenvalue weighted by Gasteiger charge is 2.42. The third-order valence-corrected chi connectivity index (χ3v) is 13.3. The highest BCUT2D eigenvalue weighted by molar-refractivity contribution is 5.81. The van der Waals surface area contributed by atoms with Crippen LogP contribution in [0.3, 0.4) is 0 Å². The van der Waals surface area contributed by atoms with Gasteiger partial charge in [-0.25, -0.2) is 0 Å². The monoisotopic (exact) mass is 892 g/mol. The summed E-state index contributed by atoms with van der Waals surface area (Å²) in [5.41, 5.74) is 1.81. The minimum Gasteiger partial charge on any atom is -0.497 e. The zero-order valence-electron chi connectivity index (χ0n) is 38.4. The molecule has 5 heterocycles. The molecule has 3 aromatic carbocycles. The summed E-state index contributed by atoms with van der Waals surface area (Å²) in [5, 5.41) is 5.30. The molecule has 0 unspecified atom stereocenters. The zero-order valence-corrected chi connectivity index (χ0v) is 38.4. The van der Waals surface area contributed by atoms with Gasteiger partial charge in [-0.1, -0.05) is 6.07 Å². The van der Waals surface area contributed by atoms with Crippen LogP contribution in [0.5, 0.6) is 23.0 Å². The zero-order chi connectivity index (χ0) is 45.8. The molecule has 2 saturated heterocycles. The number of esters is 2. The van der Waals surface area contributed by atoms with Crippen LogP contribution in [0.2, 0.25) is 0 Å². The van der Waals surface area contributed by atoms with Crippen molar-refractivity contribution in [3.63, 3.8) is 0 Å². The third-order valence-electron chi connectivity index (χ3n) is 13.3. The van der Waals surface area contributed by atoms with Crippen molar-refractivity contribution in [1.29, 1.82) is 0 Å². The maximum absolute atomic E-state index is 13.2. The van der Waals surface area contributed by atoms with Gasteiger partial charge in [-0.2, -0.15) is 0 Å². The second-order valence-electron chi connectivity index (χ2n) is 17.2. The lowest BCUT2D eigenvalue weighted by atomic mass is 9.74. The first-order valence-corrected chi connectivity index (χ1v) is 23.1. The number of fused-ring (bicyclic) bond motifs is 3. The Morgan fingerprint density at radius 2 is 1.12 bits per heavy atom. The fourth-order valence-corrected chi connectivity index (χ4v) is 9.57. The number of likely N-dealkylation sites (tertiary alicyclic amines) is 1. The number of nitrogens with one attached hydrogen (secondary N) is 1. The average Bonchev–Trinajstić information content (AvgIpc) is 3.33. The first-order chi connectivity index (χ1) is 31.6. The number of hydrogen-bond donors (Lipinski definition) is 1. The van der Waals surface area contributed by atoms with E-state index in [2.05, 4.69) is 22.3 Å². The molecule has 348 valence electrons. The SMILES string of the molecule is CCOC(=O)C1(CCCn2c(=O)ccc3ccc(OC)cc32)CCN(Cc2ccc3c(c2)OCCO3)CC1.CCOC(=O)C1(CCCn2c(=O)ccc3ccc(OC)cc32)CCNCC1. The molecule has 0 aliphatic carbocycles. The summed E-state index contributed by atoms with van der Waals surface area (Å²) in [4.78, 5) is 53.4. The molecule has 1 N–H and O–H groups in total. The Bertz CT molecular complexity index is 2540. The summed E-state index contributed by atoms with van der Waals surface area (Å²) in [6, 6.07) is 24.5. The first kappa shape index (κ1) is 47.1. The molecule has 5 aromatic rings. The second kappa shape index (κ2) is 21.9. The number of hydrogen-bond acceptors (Lipinski definition) is 12. The molecule has 0 atom stereocenters.